The molecule has 1 unspecified atom stereocenters. The van der Waals surface area contributed by atoms with Crippen molar-refractivity contribution >= 4 is 24.0 Å². The summed E-state index contributed by atoms with van der Waals surface area (Å²) in [7, 11) is 0. The molecule has 1 fully saturated rings. The Labute approximate surface area is 157 Å². The first kappa shape index (κ1) is 20.3. The summed E-state index contributed by atoms with van der Waals surface area (Å²) in [5, 5.41) is 5.19. The van der Waals surface area contributed by atoms with Crippen LogP contribution in [0.4, 0.5) is 14.5 Å². The molecule has 1 amide bonds. The van der Waals surface area contributed by atoms with Gasteiger partial charge in [-0.15, -0.1) is 12.4 Å². The van der Waals surface area contributed by atoms with Crippen LogP contribution in [0.3, 0.4) is 0 Å². The van der Waals surface area contributed by atoms with Crippen LogP contribution in [0, 0.1) is 0 Å². The van der Waals surface area contributed by atoms with Gasteiger partial charge in [0.1, 0.15) is 0 Å². The first-order valence-electron chi connectivity index (χ1n) is 8.14. The molecule has 3 rings (SSSR count). The van der Waals surface area contributed by atoms with Crippen LogP contribution >= 0.6 is 12.4 Å². The van der Waals surface area contributed by atoms with Gasteiger partial charge in [0.2, 0.25) is 5.91 Å². The molecule has 2 aromatic rings. The van der Waals surface area contributed by atoms with Gasteiger partial charge in [0.05, 0.1) is 25.8 Å². The fraction of sp³-hybridized carbons (Fsp3) is 0.316. The summed E-state index contributed by atoms with van der Waals surface area (Å²) < 4.78 is 31.9. The minimum absolute atomic E-state index is 0. The SMILES string of the molecule is Cl.O=C(Nc1ccc(COCc2ccccc2)cc1)C1CC(F)(F)CN1. The molecule has 26 heavy (non-hydrogen) atoms. The number of amides is 1. The lowest BCUT2D eigenvalue weighted by molar-refractivity contribution is -0.118. The molecule has 0 bridgehead atoms. The number of carbonyl (C=O) groups excluding carboxylic acids is 1. The van der Waals surface area contributed by atoms with E-state index in [9.17, 15) is 13.6 Å². The van der Waals surface area contributed by atoms with E-state index in [1.807, 2.05) is 42.5 Å². The maximum absolute atomic E-state index is 13.1. The molecule has 1 saturated heterocycles. The first-order chi connectivity index (χ1) is 12.0. The minimum Gasteiger partial charge on any atom is -0.372 e. The molecular formula is C19H21ClF2N2O2. The standard InChI is InChI=1S/C19H20F2N2O2.ClH/c20-19(21)10-17(22-13-19)18(24)23-16-8-6-15(7-9-16)12-25-11-14-4-2-1-3-5-14;/h1-9,17,22H,10-13H2,(H,23,24);1H. The number of alkyl halides is 2. The molecule has 7 heteroatoms. The zero-order valence-electron chi connectivity index (χ0n) is 14.1. The van der Waals surface area contributed by atoms with Crippen molar-refractivity contribution in [3.8, 4) is 0 Å². The van der Waals surface area contributed by atoms with Crippen molar-refractivity contribution in [2.45, 2.75) is 31.6 Å². The van der Waals surface area contributed by atoms with E-state index in [0.717, 1.165) is 11.1 Å². The Morgan fingerprint density at radius 2 is 1.69 bits per heavy atom. The van der Waals surface area contributed by atoms with Crippen molar-refractivity contribution in [2.75, 3.05) is 11.9 Å². The van der Waals surface area contributed by atoms with Crippen LogP contribution in [-0.4, -0.2) is 24.4 Å². The topological polar surface area (TPSA) is 50.4 Å². The van der Waals surface area contributed by atoms with E-state index in [1.165, 1.54) is 0 Å². The van der Waals surface area contributed by atoms with Gasteiger partial charge in [0.15, 0.2) is 0 Å². The number of rotatable bonds is 6. The van der Waals surface area contributed by atoms with E-state index in [4.69, 9.17) is 4.74 Å². The lowest BCUT2D eigenvalue weighted by Gasteiger charge is -2.12. The summed E-state index contributed by atoms with van der Waals surface area (Å²) >= 11 is 0. The van der Waals surface area contributed by atoms with Crippen molar-refractivity contribution in [2.24, 2.45) is 0 Å². The van der Waals surface area contributed by atoms with Gasteiger partial charge in [0.25, 0.3) is 5.92 Å². The number of carbonyl (C=O) groups is 1. The summed E-state index contributed by atoms with van der Waals surface area (Å²) in [6.07, 6.45) is -0.468. The number of anilines is 1. The lowest BCUT2D eigenvalue weighted by atomic mass is 10.1. The predicted octanol–water partition coefficient (Wildman–Crippen LogP) is 3.76. The predicted molar refractivity (Wildman–Crippen MR) is 98.6 cm³/mol. The second kappa shape index (κ2) is 9.07. The fourth-order valence-corrected chi connectivity index (χ4v) is 2.68. The molecule has 4 nitrogen and oxygen atoms in total. The second-order valence-corrected chi connectivity index (χ2v) is 6.16. The van der Waals surface area contributed by atoms with Gasteiger partial charge in [-0.3, -0.25) is 10.1 Å². The quantitative estimate of drug-likeness (QED) is 0.799. The van der Waals surface area contributed by atoms with Crippen LogP contribution in [0.25, 0.3) is 0 Å². The average molecular weight is 383 g/mol. The van der Waals surface area contributed by atoms with Crippen LogP contribution in [0.2, 0.25) is 0 Å². The summed E-state index contributed by atoms with van der Waals surface area (Å²) in [5.74, 6) is -3.26. The third-order valence-corrected chi connectivity index (χ3v) is 4.03. The van der Waals surface area contributed by atoms with E-state index >= 15 is 0 Å². The lowest BCUT2D eigenvalue weighted by Crippen LogP contribution is -2.35. The van der Waals surface area contributed by atoms with E-state index in [2.05, 4.69) is 10.6 Å². The van der Waals surface area contributed by atoms with E-state index in [1.54, 1.807) is 12.1 Å². The van der Waals surface area contributed by atoms with Crippen molar-refractivity contribution < 1.29 is 18.3 Å². The molecule has 1 heterocycles. The Morgan fingerprint density at radius 1 is 1.08 bits per heavy atom. The van der Waals surface area contributed by atoms with Gasteiger partial charge >= 0.3 is 0 Å². The molecule has 0 spiro atoms. The highest BCUT2D eigenvalue weighted by atomic mass is 35.5. The molecule has 0 aromatic heterocycles. The monoisotopic (exact) mass is 382 g/mol. The Kier molecular flexibility index (Phi) is 7.08. The Morgan fingerprint density at radius 3 is 2.27 bits per heavy atom. The molecule has 140 valence electrons. The molecular weight excluding hydrogens is 362 g/mol. The number of halogens is 3. The largest absolute Gasteiger partial charge is 0.372 e. The highest BCUT2D eigenvalue weighted by Crippen LogP contribution is 2.25. The highest BCUT2D eigenvalue weighted by molar-refractivity contribution is 5.95. The number of nitrogens with one attached hydrogen (secondary N) is 2. The average Bonchev–Trinajstić information content (AvgIpc) is 2.97. The van der Waals surface area contributed by atoms with Crippen molar-refractivity contribution in [1.82, 2.24) is 5.32 Å². The summed E-state index contributed by atoms with van der Waals surface area (Å²) in [6.45, 7) is 0.531. The van der Waals surface area contributed by atoms with E-state index < -0.39 is 30.8 Å². The summed E-state index contributed by atoms with van der Waals surface area (Å²) in [5.41, 5.74) is 2.65. The Balaban J connectivity index is 0.00000243. The van der Waals surface area contributed by atoms with Gasteiger partial charge in [-0.25, -0.2) is 8.78 Å². The van der Waals surface area contributed by atoms with Crippen LogP contribution in [-0.2, 0) is 22.7 Å². The molecule has 0 radical (unpaired) electrons. The highest BCUT2D eigenvalue weighted by Gasteiger charge is 2.42. The van der Waals surface area contributed by atoms with Gasteiger partial charge in [-0.1, -0.05) is 42.5 Å². The van der Waals surface area contributed by atoms with Gasteiger partial charge in [-0.2, -0.15) is 0 Å². The van der Waals surface area contributed by atoms with Gasteiger partial charge in [-0.05, 0) is 23.3 Å². The van der Waals surface area contributed by atoms with Gasteiger partial charge < -0.3 is 10.1 Å². The molecule has 0 aliphatic carbocycles. The van der Waals surface area contributed by atoms with Crippen LogP contribution in [0.15, 0.2) is 54.6 Å². The Hall–Kier alpha value is -2.02. The van der Waals surface area contributed by atoms with Crippen molar-refractivity contribution in [3.63, 3.8) is 0 Å². The number of hydrogen-bond donors (Lipinski definition) is 2. The third-order valence-electron chi connectivity index (χ3n) is 4.03. The van der Waals surface area contributed by atoms with Crippen LogP contribution < -0.4 is 10.6 Å². The molecule has 1 aliphatic rings. The van der Waals surface area contributed by atoms with Gasteiger partial charge in [0, 0.05) is 12.1 Å². The zero-order valence-corrected chi connectivity index (χ0v) is 14.9. The fourth-order valence-electron chi connectivity index (χ4n) is 2.68. The molecule has 1 aliphatic heterocycles. The Bertz CT molecular complexity index is 711. The summed E-state index contributed by atoms with van der Waals surface area (Å²) in [6, 6.07) is 16.2. The van der Waals surface area contributed by atoms with E-state index in [0.29, 0.717) is 18.9 Å². The smallest absolute Gasteiger partial charge is 0.262 e. The molecule has 2 aromatic carbocycles. The van der Waals surface area contributed by atoms with Crippen LogP contribution in [0.1, 0.15) is 17.5 Å². The number of hydrogen-bond acceptors (Lipinski definition) is 3. The molecule has 2 N–H and O–H groups in total. The minimum atomic E-state index is -2.82. The van der Waals surface area contributed by atoms with E-state index in [-0.39, 0.29) is 12.4 Å². The van der Waals surface area contributed by atoms with Crippen LogP contribution in [0.5, 0.6) is 0 Å². The molecule has 0 saturated carbocycles. The third kappa shape index (κ3) is 5.76. The maximum atomic E-state index is 13.1. The normalized spacial score (nSPS) is 18.2. The number of benzene rings is 2. The van der Waals surface area contributed by atoms with Crippen molar-refractivity contribution in [1.29, 1.82) is 0 Å². The molecule has 1 atom stereocenters. The van der Waals surface area contributed by atoms with Crippen molar-refractivity contribution in [3.05, 3.63) is 65.7 Å². The zero-order chi connectivity index (χ0) is 17.7. The summed E-state index contributed by atoms with van der Waals surface area (Å²) in [4.78, 5) is 12.0. The maximum Gasteiger partial charge on any atom is 0.262 e. The second-order valence-electron chi connectivity index (χ2n) is 6.16. The first-order valence-corrected chi connectivity index (χ1v) is 8.14. The number of ether oxygens (including phenoxy) is 1.